The minimum atomic E-state index is -0.473. The molecule has 2 rings (SSSR count). The minimum Gasteiger partial charge on any atom is -0.474 e. The number of nitrogens with zero attached hydrogens (tertiary/aromatic N) is 3. The molecule has 0 saturated carbocycles. The van der Waals surface area contributed by atoms with Crippen molar-refractivity contribution in [2.75, 3.05) is 13.1 Å². The summed E-state index contributed by atoms with van der Waals surface area (Å²) in [6.45, 7) is 8.63. The van der Waals surface area contributed by atoms with Crippen LogP contribution in [-0.2, 0) is 4.74 Å². The lowest BCUT2D eigenvalue weighted by Gasteiger charge is -2.33. The van der Waals surface area contributed by atoms with Crippen molar-refractivity contribution in [3.05, 3.63) is 17.0 Å². The number of halogens is 1. The molecule has 6 nitrogen and oxygen atoms in total. The maximum Gasteiger partial charge on any atom is 0.410 e. The number of amides is 1. The van der Waals surface area contributed by atoms with E-state index in [9.17, 15) is 4.79 Å². The van der Waals surface area contributed by atoms with Gasteiger partial charge in [-0.1, -0.05) is 11.6 Å². The Morgan fingerprint density at radius 2 is 1.95 bits per heavy atom. The number of hydrogen-bond donors (Lipinski definition) is 0. The molecule has 0 N–H and O–H groups in total. The molecule has 1 aliphatic heterocycles. The summed E-state index contributed by atoms with van der Waals surface area (Å²) in [4.78, 5) is 21.7. The van der Waals surface area contributed by atoms with Gasteiger partial charge in [0, 0.05) is 31.5 Å². The summed E-state index contributed by atoms with van der Waals surface area (Å²) >= 11 is 5.96. The van der Waals surface area contributed by atoms with Crippen molar-refractivity contribution in [3.8, 4) is 5.88 Å². The van der Waals surface area contributed by atoms with Crippen molar-refractivity contribution >= 4 is 17.7 Å². The number of carbonyl (C=O) groups is 1. The quantitative estimate of drug-likeness (QED) is 0.780. The molecule has 1 saturated heterocycles. The van der Waals surface area contributed by atoms with Gasteiger partial charge in [0.1, 0.15) is 23.2 Å². The van der Waals surface area contributed by atoms with Crippen LogP contribution in [0.1, 0.15) is 39.2 Å². The molecule has 22 heavy (non-hydrogen) atoms. The van der Waals surface area contributed by atoms with Crippen LogP contribution in [0.25, 0.3) is 0 Å². The lowest BCUT2D eigenvalue weighted by molar-refractivity contribution is 0.0122. The summed E-state index contributed by atoms with van der Waals surface area (Å²) in [6.07, 6.45) is 2.61. The molecule has 7 heteroatoms. The summed E-state index contributed by atoms with van der Waals surface area (Å²) in [6, 6.07) is 0. The maximum atomic E-state index is 12.0. The minimum absolute atomic E-state index is 0.0170. The highest BCUT2D eigenvalue weighted by Gasteiger charge is 2.28. The van der Waals surface area contributed by atoms with Gasteiger partial charge in [0.25, 0.3) is 0 Å². The third-order valence-electron chi connectivity index (χ3n) is 3.35. The van der Waals surface area contributed by atoms with E-state index in [0.717, 1.165) is 18.4 Å². The molecule has 0 aliphatic carbocycles. The first-order valence-electron chi connectivity index (χ1n) is 7.38. The zero-order chi connectivity index (χ0) is 16.3. The zero-order valence-electron chi connectivity index (χ0n) is 13.4. The molecular weight excluding hydrogens is 306 g/mol. The van der Waals surface area contributed by atoms with Crippen molar-refractivity contribution in [1.29, 1.82) is 0 Å². The number of carbonyl (C=O) groups excluding carboxylic acids is 1. The molecule has 1 fully saturated rings. The molecular formula is C15H22ClN3O3. The van der Waals surface area contributed by atoms with E-state index in [1.807, 2.05) is 27.7 Å². The van der Waals surface area contributed by atoms with Crippen LogP contribution in [0.3, 0.4) is 0 Å². The summed E-state index contributed by atoms with van der Waals surface area (Å²) < 4.78 is 11.3. The molecule has 0 radical (unpaired) electrons. The first kappa shape index (κ1) is 16.8. The number of aromatic nitrogens is 2. The van der Waals surface area contributed by atoms with Gasteiger partial charge in [-0.2, -0.15) is 0 Å². The normalized spacial score (nSPS) is 16.5. The van der Waals surface area contributed by atoms with Crippen LogP contribution in [0, 0.1) is 6.92 Å². The van der Waals surface area contributed by atoms with Crippen LogP contribution in [0.15, 0.2) is 6.33 Å². The maximum absolute atomic E-state index is 12.0. The Balaban J connectivity index is 1.87. The topological polar surface area (TPSA) is 64.6 Å². The van der Waals surface area contributed by atoms with E-state index in [-0.39, 0.29) is 12.2 Å². The van der Waals surface area contributed by atoms with Crippen molar-refractivity contribution in [2.45, 2.75) is 52.2 Å². The fourth-order valence-electron chi connectivity index (χ4n) is 2.17. The largest absolute Gasteiger partial charge is 0.474 e. The Labute approximate surface area is 135 Å². The number of likely N-dealkylation sites (tertiary alicyclic amines) is 1. The van der Waals surface area contributed by atoms with E-state index in [1.54, 1.807) is 4.90 Å². The van der Waals surface area contributed by atoms with Crippen molar-refractivity contribution < 1.29 is 14.3 Å². The zero-order valence-corrected chi connectivity index (χ0v) is 14.2. The smallest absolute Gasteiger partial charge is 0.410 e. The van der Waals surface area contributed by atoms with Gasteiger partial charge in [-0.05, 0) is 27.7 Å². The molecule has 2 heterocycles. The van der Waals surface area contributed by atoms with Gasteiger partial charge in [0.05, 0.1) is 0 Å². The fraction of sp³-hybridized carbons (Fsp3) is 0.667. The average Bonchev–Trinajstić information content (AvgIpc) is 2.43. The molecule has 0 unspecified atom stereocenters. The molecule has 0 atom stereocenters. The van der Waals surface area contributed by atoms with E-state index in [0.29, 0.717) is 24.1 Å². The highest BCUT2D eigenvalue weighted by molar-refractivity contribution is 6.30. The summed E-state index contributed by atoms with van der Waals surface area (Å²) in [5.74, 6) is 0.510. The van der Waals surface area contributed by atoms with Gasteiger partial charge in [0.2, 0.25) is 5.88 Å². The SMILES string of the molecule is Cc1c(Cl)ncnc1OC1CCN(C(=O)OC(C)(C)C)CC1. The average molecular weight is 328 g/mol. The summed E-state index contributed by atoms with van der Waals surface area (Å²) in [5, 5.41) is 0.399. The molecule has 0 aromatic carbocycles. The predicted octanol–water partition coefficient (Wildman–Crippen LogP) is 3.22. The van der Waals surface area contributed by atoms with Gasteiger partial charge in [0.15, 0.2) is 0 Å². The van der Waals surface area contributed by atoms with Crippen LogP contribution in [-0.4, -0.2) is 45.8 Å². The highest BCUT2D eigenvalue weighted by atomic mass is 35.5. The Morgan fingerprint density at radius 1 is 1.32 bits per heavy atom. The van der Waals surface area contributed by atoms with E-state index in [2.05, 4.69) is 9.97 Å². The van der Waals surface area contributed by atoms with E-state index in [4.69, 9.17) is 21.1 Å². The predicted molar refractivity (Wildman–Crippen MR) is 83.2 cm³/mol. The fourth-order valence-corrected chi connectivity index (χ4v) is 2.30. The van der Waals surface area contributed by atoms with E-state index < -0.39 is 5.60 Å². The third kappa shape index (κ3) is 4.47. The third-order valence-corrected chi connectivity index (χ3v) is 3.73. The Bertz CT molecular complexity index is 537. The Morgan fingerprint density at radius 3 is 2.55 bits per heavy atom. The second-order valence-corrected chi connectivity index (χ2v) is 6.74. The lowest BCUT2D eigenvalue weighted by atomic mass is 10.1. The van der Waals surface area contributed by atoms with Crippen LogP contribution >= 0.6 is 11.6 Å². The molecule has 1 aromatic heterocycles. The molecule has 0 bridgehead atoms. The lowest BCUT2D eigenvalue weighted by Crippen LogP contribution is -2.44. The first-order valence-corrected chi connectivity index (χ1v) is 7.76. The molecule has 1 aliphatic rings. The van der Waals surface area contributed by atoms with Crippen LogP contribution in [0.5, 0.6) is 5.88 Å². The number of piperidine rings is 1. The van der Waals surface area contributed by atoms with Crippen molar-refractivity contribution in [3.63, 3.8) is 0 Å². The van der Waals surface area contributed by atoms with E-state index >= 15 is 0 Å². The Kier molecular flexibility index (Phi) is 5.11. The Hall–Kier alpha value is -1.56. The first-order chi connectivity index (χ1) is 10.3. The van der Waals surface area contributed by atoms with Gasteiger partial charge in [-0.25, -0.2) is 14.8 Å². The van der Waals surface area contributed by atoms with Gasteiger partial charge in [-0.3, -0.25) is 0 Å². The highest BCUT2D eigenvalue weighted by Crippen LogP contribution is 2.24. The standard InChI is InChI=1S/C15H22ClN3O3/c1-10-12(16)17-9-18-13(10)21-11-5-7-19(8-6-11)14(20)22-15(2,3)4/h9,11H,5-8H2,1-4H3. The van der Waals surface area contributed by atoms with Gasteiger partial charge < -0.3 is 14.4 Å². The van der Waals surface area contributed by atoms with Gasteiger partial charge in [-0.15, -0.1) is 0 Å². The summed E-state index contributed by atoms with van der Waals surface area (Å²) in [7, 11) is 0. The molecule has 0 spiro atoms. The number of hydrogen-bond acceptors (Lipinski definition) is 5. The number of ether oxygens (including phenoxy) is 2. The molecule has 1 aromatic rings. The van der Waals surface area contributed by atoms with E-state index in [1.165, 1.54) is 6.33 Å². The van der Waals surface area contributed by atoms with Crippen LogP contribution in [0.4, 0.5) is 4.79 Å². The molecule has 1 amide bonds. The molecule has 122 valence electrons. The second-order valence-electron chi connectivity index (χ2n) is 6.38. The van der Waals surface area contributed by atoms with Crippen LogP contribution < -0.4 is 4.74 Å². The monoisotopic (exact) mass is 327 g/mol. The van der Waals surface area contributed by atoms with Gasteiger partial charge >= 0.3 is 6.09 Å². The summed E-state index contributed by atoms with van der Waals surface area (Å²) in [5.41, 5.74) is 0.262. The van der Waals surface area contributed by atoms with Crippen LogP contribution in [0.2, 0.25) is 5.15 Å². The van der Waals surface area contributed by atoms with Crippen molar-refractivity contribution in [2.24, 2.45) is 0 Å². The van der Waals surface area contributed by atoms with Crippen molar-refractivity contribution in [1.82, 2.24) is 14.9 Å². The second kappa shape index (κ2) is 6.69. The number of rotatable bonds is 2.